The van der Waals surface area contributed by atoms with Gasteiger partial charge in [0.1, 0.15) is 0 Å². The zero-order valence-electron chi connectivity index (χ0n) is 13.5. The van der Waals surface area contributed by atoms with Crippen molar-refractivity contribution in [3.8, 4) is 0 Å². The molecule has 0 aliphatic carbocycles. The summed E-state index contributed by atoms with van der Waals surface area (Å²) in [6.45, 7) is 2.33. The number of carbonyl (C=O) groups is 1. The van der Waals surface area contributed by atoms with E-state index in [9.17, 15) is 13.2 Å². The monoisotopic (exact) mass is 332 g/mol. The fraction of sp³-hybridized carbons (Fsp3) is 0.294. The molecule has 5 nitrogen and oxygen atoms in total. The first-order chi connectivity index (χ1) is 10.7. The summed E-state index contributed by atoms with van der Waals surface area (Å²) in [6.07, 6.45) is 1.19. The molecule has 1 aromatic heterocycles. The number of benzene rings is 1. The maximum atomic E-state index is 12.4. The van der Waals surface area contributed by atoms with E-state index in [4.69, 9.17) is 0 Å². The van der Waals surface area contributed by atoms with E-state index in [1.807, 2.05) is 25.1 Å². The van der Waals surface area contributed by atoms with Crippen LogP contribution < -0.4 is 0 Å². The Hall–Kier alpha value is -2.21. The molecule has 1 heterocycles. The van der Waals surface area contributed by atoms with E-state index in [0.29, 0.717) is 17.7 Å². The van der Waals surface area contributed by atoms with E-state index >= 15 is 0 Å². The first-order valence-electron chi connectivity index (χ1n) is 7.19. The Morgan fingerprint density at radius 1 is 1.13 bits per heavy atom. The number of aryl methyl sites for hydroxylation is 1. The quantitative estimate of drug-likeness (QED) is 0.842. The van der Waals surface area contributed by atoms with Crippen LogP contribution >= 0.6 is 0 Å². The van der Waals surface area contributed by atoms with Gasteiger partial charge in [0.15, 0.2) is 9.84 Å². The van der Waals surface area contributed by atoms with E-state index in [0.717, 1.165) is 11.4 Å². The van der Waals surface area contributed by atoms with Crippen molar-refractivity contribution in [2.24, 2.45) is 0 Å². The summed E-state index contributed by atoms with van der Waals surface area (Å²) in [7, 11) is -1.36. The Balaban J connectivity index is 2.07. The molecule has 122 valence electrons. The van der Waals surface area contributed by atoms with Crippen molar-refractivity contribution >= 4 is 15.7 Å². The molecule has 0 aliphatic heterocycles. The van der Waals surface area contributed by atoms with E-state index < -0.39 is 9.84 Å². The van der Waals surface area contributed by atoms with Crippen molar-refractivity contribution in [2.45, 2.75) is 19.2 Å². The lowest BCUT2D eigenvalue weighted by Crippen LogP contribution is -2.26. The highest BCUT2D eigenvalue weighted by molar-refractivity contribution is 7.89. The van der Waals surface area contributed by atoms with Gasteiger partial charge in [0.25, 0.3) is 5.91 Å². The SMILES string of the molecule is Cc1cccc(CN(C)C(=O)c2ccc(CS(C)(=O)=O)cc2)n1. The molecule has 0 saturated heterocycles. The number of nitrogens with zero attached hydrogens (tertiary/aromatic N) is 2. The number of amides is 1. The number of rotatable bonds is 5. The lowest BCUT2D eigenvalue weighted by atomic mass is 10.1. The molecule has 0 radical (unpaired) electrons. The lowest BCUT2D eigenvalue weighted by Gasteiger charge is -2.17. The summed E-state index contributed by atoms with van der Waals surface area (Å²) >= 11 is 0. The van der Waals surface area contributed by atoms with E-state index in [-0.39, 0.29) is 11.7 Å². The molecule has 2 rings (SSSR count). The summed E-state index contributed by atoms with van der Waals surface area (Å²) < 4.78 is 22.6. The summed E-state index contributed by atoms with van der Waals surface area (Å²) in [5.74, 6) is -0.149. The number of sulfone groups is 1. The molecule has 0 spiro atoms. The highest BCUT2D eigenvalue weighted by Gasteiger charge is 2.13. The largest absolute Gasteiger partial charge is 0.336 e. The van der Waals surface area contributed by atoms with E-state index in [1.54, 1.807) is 36.2 Å². The highest BCUT2D eigenvalue weighted by atomic mass is 32.2. The number of hydrogen-bond acceptors (Lipinski definition) is 4. The van der Waals surface area contributed by atoms with Crippen molar-refractivity contribution < 1.29 is 13.2 Å². The third kappa shape index (κ3) is 5.17. The van der Waals surface area contributed by atoms with Crippen molar-refractivity contribution in [1.29, 1.82) is 0 Å². The summed E-state index contributed by atoms with van der Waals surface area (Å²) in [4.78, 5) is 18.4. The lowest BCUT2D eigenvalue weighted by molar-refractivity contribution is 0.0783. The highest BCUT2D eigenvalue weighted by Crippen LogP contribution is 2.11. The average Bonchev–Trinajstić information content (AvgIpc) is 2.45. The van der Waals surface area contributed by atoms with Gasteiger partial charge in [-0.25, -0.2) is 8.42 Å². The van der Waals surface area contributed by atoms with Gasteiger partial charge in [-0.05, 0) is 36.8 Å². The molecule has 0 unspecified atom stereocenters. The molecule has 23 heavy (non-hydrogen) atoms. The van der Waals surface area contributed by atoms with Crippen LogP contribution in [-0.4, -0.2) is 37.5 Å². The maximum Gasteiger partial charge on any atom is 0.253 e. The normalized spacial score (nSPS) is 11.3. The maximum absolute atomic E-state index is 12.4. The van der Waals surface area contributed by atoms with Crippen LogP contribution in [0, 0.1) is 6.92 Å². The molecule has 0 bridgehead atoms. The van der Waals surface area contributed by atoms with Gasteiger partial charge in [-0.15, -0.1) is 0 Å². The van der Waals surface area contributed by atoms with Crippen LogP contribution in [0.4, 0.5) is 0 Å². The van der Waals surface area contributed by atoms with Gasteiger partial charge in [0.05, 0.1) is 18.0 Å². The van der Waals surface area contributed by atoms with E-state index in [2.05, 4.69) is 4.98 Å². The van der Waals surface area contributed by atoms with Crippen LogP contribution in [0.15, 0.2) is 42.5 Å². The van der Waals surface area contributed by atoms with Crippen LogP contribution in [-0.2, 0) is 22.1 Å². The Morgan fingerprint density at radius 3 is 2.35 bits per heavy atom. The molecule has 6 heteroatoms. The molecule has 0 fully saturated rings. The fourth-order valence-corrected chi connectivity index (χ4v) is 3.07. The first kappa shape index (κ1) is 17.1. The van der Waals surface area contributed by atoms with Crippen LogP contribution in [0.3, 0.4) is 0 Å². The molecular weight excluding hydrogens is 312 g/mol. The van der Waals surface area contributed by atoms with Gasteiger partial charge in [0, 0.05) is 24.6 Å². The molecule has 1 aromatic carbocycles. The third-order valence-electron chi connectivity index (χ3n) is 3.32. The van der Waals surface area contributed by atoms with Gasteiger partial charge < -0.3 is 4.90 Å². The Kier molecular flexibility index (Phi) is 5.15. The Labute approximate surface area is 136 Å². The molecule has 0 N–H and O–H groups in total. The topological polar surface area (TPSA) is 67.3 Å². The third-order valence-corrected chi connectivity index (χ3v) is 4.18. The fourth-order valence-electron chi connectivity index (χ4n) is 2.27. The molecular formula is C17H20N2O3S. The minimum absolute atomic E-state index is 0.0233. The van der Waals surface area contributed by atoms with E-state index in [1.165, 1.54) is 6.26 Å². The molecule has 0 saturated carbocycles. The van der Waals surface area contributed by atoms with Gasteiger partial charge >= 0.3 is 0 Å². The van der Waals surface area contributed by atoms with Crippen molar-refractivity contribution in [2.75, 3.05) is 13.3 Å². The van der Waals surface area contributed by atoms with Crippen molar-refractivity contribution in [3.05, 3.63) is 65.0 Å². The zero-order valence-corrected chi connectivity index (χ0v) is 14.3. The van der Waals surface area contributed by atoms with Crippen LogP contribution in [0.25, 0.3) is 0 Å². The minimum Gasteiger partial charge on any atom is -0.336 e. The molecule has 1 amide bonds. The summed E-state index contributed by atoms with van der Waals surface area (Å²) in [5.41, 5.74) is 2.94. The van der Waals surface area contributed by atoms with Gasteiger partial charge in [-0.2, -0.15) is 0 Å². The first-order valence-corrected chi connectivity index (χ1v) is 9.25. The van der Waals surface area contributed by atoms with Crippen LogP contribution in [0.5, 0.6) is 0 Å². The molecule has 0 aliphatic rings. The van der Waals surface area contributed by atoms with Crippen molar-refractivity contribution in [1.82, 2.24) is 9.88 Å². The summed E-state index contributed by atoms with van der Waals surface area (Å²) in [6, 6.07) is 12.4. The zero-order chi connectivity index (χ0) is 17.0. The Morgan fingerprint density at radius 2 is 1.78 bits per heavy atom. The standard InChI is InChI=1S/C17H20N2O3S/c1-13-5-4-6-16(18-13)11-19(2)17(20)15-9-7-14(8-10-15)12-23(3,21)22/h4-10H,11-12H2,1-3H3. The van der Waals surface area contributed by atoms with Crippen LogP contribution in [0.2, 0.25) is 0 Å². The second-order valence-electron chi connectivity index (χ2n) is 5.70. The van der Waals surface area contributed by atoms with Gasteiger partial charge in [-0.3, -0.25) is 9.78 Å². The predicted octanol–water partition coefficient (Wildman–Crippen LogP) is 2.21. The second kappa shape index (κ2) is 6.91. The predicted molar refractivity (Wildman–Crippen MR) is 89.8 cm³/mol. The number of carbonyl (C=O) groups excluding carboxylic acids is 1. The Bertz CT molecular complexity index is 799. The second-order valence-corrected chi connectivity index (χ2v) is 7.84. The smallest absolute Gasteiger partial charge is 0.253 e. The summed E-state index contributed by atoms with van der Waals surface area (Å²) in [5, 5.41) is 0. The van der Waals surface area contributed by atoms with Crippen LogP contribution in [0.1, 0.15) is 27.3 Å². The minimum atomic E-state index is -3.08. The molecule has 0 atom stereocenters. The van der Waals surface area contributed by atoms with Gasteiger partial charge in [-0.1, -0.05) is 18.2 Å². The number of hydrogen-bond donors (Lipinski definition) is 0. The molecule has 2 aromatic rings. The number of pyridine rings is 1. The van der Waals surface area contributed by atoms with Crippen molar-refractivity contribution in [3.63, 3.8) is 0 Å². The average molecular weight is 332 g/mol. The van der Waals surface area contributed by atoms with Gasteiger partial charge in [0.2, 0.25) is 0 Å². The number of aromatic nitrogens is 1.